The first-order valence-corrected chi connectivity index (χ1v) is 13.0. The van der Waals surface area contributed by atoms with Crippen molar-refractivity contribution >= 4 is 11.7 Å². The largest absolute Gasteiger partial charge is 0.416 e. The van der Waals surface area contributed by atoms with E-state index in [1.165, 1.54) is 13.8 Å². The summed E-state index contributed by atoms with van der Waals surface area (Å²) in [6, 6.07) is 10.8. The van der Waals surface area contributed by atoms with E-state index in [0.717, 1.165) is 5.56 Å². The molecule has 0 radical (unpaired) electrons. The second-order valence-corrected chi connectivity index (χ2v) is 10.7. The van der Waals surface area contributed by atoms with Gasteiger partial charge in [-0.3, -0.25) is 9.59 Å². The van der Waals surface area contributed by atoms with Gasteiger partial charge in [-0.05, 0) is 75.3 Å². The molecule has 1 saturated carbocycles. The molecule has 2 aliphatic rings. The molecule has 2 fully saturated rings. The number of hydrogen-bond donors (Lipinski definition) is 0. The van der Waals surface area contributed by atoms with Gasteiger partial charge in [-0.1, -0.05) is 30.3 Å². The predicted octanol–water partition coefficient (Wildman–Crippen LogP) is 7.26. The number of rotatable bonds is 7. The van der Waals surface area contributed by atoms with Crippen molar-refractivity contribution in [3.8, 4) is 0 Å². The van der Waals surface area contributed by atoms with Gasteiger partial charge >= 0.3 is 12.4 Å². The van der Waals surface area contributed by atoms with E-state index in [1.807, 2.05) is 30.3 Å². The molecule has 4 nitrogen and oxygen atoms in total. The van der Waals surface area contributed by atoms with Crippen LogP contribution < -0.4 is 0 Å². The number of carbonyl (C=O) groups excluding carboxylic acids is 2. The molecule has 0 N–H and O–H groups in total. The third-order valence-corrected chi connectivity index (χ3v) is 8.35. The molecule has 2 aromatic rings. The van der Waals surface area contributed by atoms with Gasteiger partial charge in [0, 0.05) is 18.4 Å². The minimum Gasteiger partial charge on any atom is -0.373 e. The van der Waals surface area contributed by atoms with Crippen LogP contribution in [0.2, 0.25) is 0 Å². The Morgan fingerprint density at radius 1 is 0.949 bits per heavy atom. The Labute approximate surface area is 223 Å². The molecule has 4 rings (SSSR count). The van der Waals surface area contributed by atoms with E-state index in [-0.39, 0.29) is 29.9 Å². The minimum absolute atomic E-state index is 0.0255. The van der Waals surface area contributed by atoms with E-state index >= 15 is 0 Å². The molecule has 1 atom stereocenters. The highest BCUT2D eigenvalue weighted by Crippen LogP contribution is 2.48. The topological polar surface area (TPSA) is 46.6 Å². The average molecular weight is 556 g/mol. The van der Waals surface area contributed by atoms with Crippen molar-refractivity contribution in [3.63, 3.8) is 0 Å². The summed E-state index contributed by atoms with van der Waals surface area (Å²) in [6.45, 7) is 3.46. The second kappa shape index (κ2) is 10.6. The molecular formula is C29H31F6NO3. The summed E-state index contributed by atoms with van der Waals surface area (Å²) >= 11 is 0. The van der Waals surface area contributed by atoms with Gasteiger partial charge in [0.2, 0.25) is 5.91 Å². The number of nitrogens with zero attached hydrogens (tertiary/aromatic N) is 1. The third kappa shape index (κ3) is 5.85. The molecule has 1 aliphatic heterocycles. The van der Waals surface area contributed by atoms with E-state index in [0.29, 0.717) is 57.2 Å². The monoisotopic (exact) mass is 555 g/mol. The van der Waals surface area contributed by atoms with Crippen LogP contribution in [0.1, 0.15) is 80.7 Å². The summed E-state index contributed by atoms with van der Waals surface area (Å²) in [5, 5.41) is 0. The van der Waals surface area contributed by atoms with Crippen molar-refractivity contribution in [3.05, 3.63) is 70.8 Å². The number of hydrogen-bond acceptors (Lipinski definition) is 3. The summed E-state index contributed by atoms with van der Waals surface area (Å²) < 4.78 is 86.4. The molecule has 0 spiro atoms. The number of amides is 1. The number of Topliss-reactive ketones (excluding diaryl/α,β-unsaturated/α-hetero) is 1. The van der Waals surface area contributed by atoms with Crippen LogP contribution >= 0.6 is 0 Å². The van der Waals surface area contributed by atoms with Gasteiger partial charge < -0.3 is 9.64 Å². The summed E-state index contributed by atoms with van der Waals surface area (Å²) in [6.07, 6.45) is -8.17. The number of ether oxygens (including phenoxy) is 1. The summed E-state index contributed by atoms with van der Waals surface area (Å²) in [5.74, 6) is -0.135. The van der Waals surface area contributed by atoms with E-state index in [2.05, 4.69) is 0 Å². The SMILES string of the molecule is CC(=O)C1(N2CCCC2=O)CCC(CO[C@H](C)c2cc(C(F)(F)F)cc(C(F)(F)F)c2)(c2ccccc2)CC1. The minimum atomic E-state index is -4.95. The Morgan fingerprint density at radius 2 is 1.51 bits per heavy atom. The van der Waals surface area contributed by atoms with Gasteiger partial charge in [-0.15, -0.1) is 0 Å². The first-order valence-electron chi connectivity index (χ1n) is 13.0. The third-order valence-electron chi connectivity index (χ3n) is 8.35. The zero-order valence-corrected chi connectivity index (χ0v) is 21.8. The smallest absolute Gasteiger partial charge is 0.373 e. The van der Waals surface area contributed by atoms with E-state index in [4.69, 9.17) is 4.74 Å². The lowest BCUT2D eigenvalue weighted by molar-refractivity contribution is -0.146. The number of likely N-dealkylation sites (tertiary alicyclic amines) is 1. The molecule has 10 heteroatoms. The molecule has 39 heavy (non-hydrogen) atoms. The van der Waals surface area contributed by atoms with Gasteiger partial charge in [0.15, 0.2) is 5.78 Å². The molecule has 0 bridgehead atoms. The number of carbonyl (C=O) groups is 2. The molecule has 0 unspecified atom stereocenters. The van der Waals surface area contributed by atoms with Crippen LogP contribution in [-0.4, -0.2) is 35.3 Å². The maximum absolute atomic E-state index is 13.4. The van der Waals surface area contributed by atoms with Crippen LogP contribution in [0.4, 0.5) is 26.3 Å². The Bertz CT molecular complexity index is 1170. The lowest BCUT2D eigenvalue weighted by Crippen LogP contribution is -2.58. The quantitative estimate of drug-likeness (QED) is 0.338. The van der Waals surface area contributed by atoms with Crippen molar-refractivity contribution in [2.45, 2.75) is 81.8 Å². The van der Waals surface area contributed by atoms with Gasteiger partial charge in [0.1, 0.15) is 5.54 Å². The van der Waals surface area contributed by atoms with Crippen molar-refractivity contribution in [1.82, 2.24) is 4.90 Å². The number of alkyl halides is 6. The van der Waals surface area contributed by atoms with E-state index in [9.17, 15) is 35.9 Å². The lowest BCUT2D eigenvalue weighted by Gasteiger charge is -2.49. The molecular weight excluding hydrogens is 524 g/mol. The molecule has 1 aliphatic carbocycles. The van der Waals surface area contributed by atoms with Gasteiger partial charge in [-0.2, -0.15) is 26.3 Å². The number of benzene rings is 2. The highest BCUT2D eigenvalue weighted by atomic mass is 19.4. The van der Waals surface area contributed by atoms with Crippen molar-refractivity contribution < 1.29 is 40.7 Å². The normalized spacial score (nSPS) is 25.1. The van der Waals surface area contributed by atoms with Crippen LogP contribution in [0, 0.1) is 0 Å². The highest BCUT2D eigenvalue weighted by molar-refractivity contribution is 5.92. The average Bonchev–Trinajstić information content (AvgIpc) is 3.33. The Balaban J connectivity index is 1.62. The maximum atomic E-state index is 13.4. The van der Waals surface area contributed by atoms with Crippen LogP contribution in [-0.2, 0) is 32.1 Å². The molecule has 1 heterocycles. The first kappa shape index (κ1) is 29.1. The Hall–Kier alpha value is -2.88. The van der Waals surface area contributed by atoms with E-state index in [1.54, 1.807) is 4.90 Å². The highest BCUT2D eigenvalue weighted by Gasteiger charge is 2.52. The van der Waals surface area contributed by atoms with E-state index < -0.39 is 40.5 Å². The molecule has 1 saturated heterocycles. The van der Waals surface area contributed by atoms with Crippen molar-refractivity contribution in [2.75, 3.05) is 13.2 Å². The standard InChI is InChI=1S/C29H31F6NO3/c1-19(21-15-23(28(30,31)32)17-24(16-21)29(33,34)35)39-18-26(22-7-4-3-5-8-22)10-12-27(13-11-26,20(2)37)36-14-6-9-25(36)38/h3-5,7-8,15-17,19H,6,9-14,18H2,1-2H3/t19-,26?,27?/m1/s1. The fraction of sp³-hybridized carbons (Fsp3) is 0.517. The predicted molar refractivity (Wildman–Crippen MR) is 132 cm³/mol. The zero-order chi connectivity index (χ0) is 28.6. The molecule has 212 valence electrons. The first-order chi connectivity index (χ1) is 18.2. The summed E-state index contributed by atoms with van der Waals surface area (Å²) in [4.78, 5) is 27.1. The fourth-order valence-electron chi connectivity index (χ4n) is 5.96. The summed E-state index contributed by atoms with van der Waals surface area (Å²) in [5.41, 5.74) is -3.65. The number of ketones is 1. The fourth-order valence-corrected chi connectivity index (χ4v) is 5.96. The van der Waals surface area contributed by atoms with Crippen LogP contribution in [0.15, 0.2) is 48.5 Å². The summed E-state index contributed by atoms with van der Waals surface area (Å²) in [7, 11) is 0. The van der Waals surface area contributed by atoms with Crippen LogP contribution in [0.25, 0.3) is 0 Å². The van der Waals surface area contributed by atoms with Gasteiger partial charge in [0.25, 0.3) is 0 Å². The van der Waals surface area contributed by atoms with Crippen LogP contribution in [0.3, 0.4) is 0 Å². The molecule has 1 amide bonds. The maximum Gasteiger partial charge on any atom is 0.416 e. The van der Waals surface area contributed by atoms with Gasteiger partial charge in [0.05, 0.1) is 23.8 Å². The van der Waals surface area contributed by atoms with Gasteiger partial charge in [-0.25, -0.2) is 0 Å². The Morgan fingerprint density at radius 3 is 1.97 bits per heavy atom. The molecule has 0 aromatic heterocycles. The van der Waals surface area contributed by atoms with Crippen molar-refractivity contribution in [1.29, 1.82) is 0 Å². The zero-order valence-electron chi connectivity index (χ0n) is 21.8. The lowest BCUT2D eigenvalue weighted by atomic mass is 9.63. The van der Waals surface area contributed by atoms with Crippen LogP contribution in [0.5, 0.6) is 0 Å². The second-order valence-electron chi connectivity index (χ2n) is 10.7. The van der Waals surface area contributed by atoms with Crippen molar-refractivity contribution in [2.24, 2.45) is 0 Å². The number of halogens is 6. The Kier molecular flexibility index (Phi) is 7.91. The molecule has 2 aromatic carbocycles.